The Hall–Kier alpha value is -1.47. The van der Waals surface area contributed by atoms with Crippen LogP contribution in [0.4, 0.5) is 0 Å². The Labute approximate surface area is 100 Å². The molecular formula is C10H19N5O2. The van der Waals surface area contributed by atoms with Gasteiger partial charge in [-0.1, -0.05) is 5.21 Å². The third-order valence-electron chi connectivity index (χ3n) is 2.36. The number of amides is 1. The smallest absolute Gasteiger partial charge is 0.241 e. The van der Waals surface area contributed by atoms with E-state index >= 15 is 0 Å². The van der Waals surface area contributed by atoms with E-state index in [0.717, 1.165) is 0 Å². The molecule has 0 radical (unpaired) electrons. The first kappa shape index (κ1) is 13.6. The molecule has 0 saturated carbocycles. The Morgan fingerprint density at radius 2 is 2.35 bits per heavy atom. The van der Waals surface area contributed by atoms with Gasteiger partial charge in [-0.05, 0) is 13.8 Å². The molecule has 0 aliphatic heterocycles. The summed E-state index contributed by atoms with van der Waals surface area (Å²) >= 11 is 0. The van der Waals surface area contributed by atoms with E-state index in [9.17, 15) is 4.79 Å². The van der Waals surface area contributed by atoms with Crippen LogP contribution in [0.2, 0.25) is 0 Å². The fourth-order valence-corrected chi connectivity index (χ4v) is 1.10. The van der Waals surface area contributed by atoms with Gasteiger partial charge >= 0.3 is 0 Å². The van der Waals surface area contributed by atoms with Crippen molar-refractivity contribution < 1.29 is 9.53 Å². The van der Waals surface area contributed by atoms with E-state index in [1.54, 1.807) is 13.3 Å². The highest BCUT2D eigenvalue weighted by atomic mass is 16.5. The van der Waals surface area contributed by atoms with Gasteiger partial charge in [0.15, 0.2) is 0 Å². The number of rotatable bonds is 6. The average molecular weight is 241 g/mol. The summed E-state index contributed by atoms with van der Waals surface area (Å²) in [6.07, 6.45) is 1.65. The topological polar surface area (TPSA) is 95.1 Å². The number of hydrogen-bond donors (Lipinski definition) is 2. The van der Waals surface area contributed by atoms with Crippen molar-refractivity contribution in [3.8, 4) is 0 Å². The molecule has 3 N–H and O–H groups in total. The Morgan fingerprint density at radius 1 is 1.65 bits per heavy atom. The third-order valence-corrected chi connectivity index (χ3v) is 2.36. The molecule has 0 fully saturated rings. The predicted molar refractivity (Wildman–Crippen MR) is 62.0 cm³/mol. The first-order valence-corrected chi connectivity index (χ1v) is 5.38. The molecule has 17 heavy (non-hydrogen) atoms. The first-order valence-electron chi connectivity index (χ1n) is 5.38. The number of nitrogens with one attached hydrogen (secondary N) is 1. The maximum atomic E-state index is 11.6. The van der Waals surface area contributed by atoms with Crippen molar-refractivity contribution in [3.63, 3.8) is 0 Å². The highest BCUT2D eigenvalue weighted by molar-refractivity contribution is 5.75. The second kappa shape index (κ2) is 5.74. The van der Waals surface area contributed by atoms with Crippen molar-refractivity contribution in [1.29, 1.82) is 0 Å². The van der Waals surface area contributed by atoms with Crippen molar-refractivity contribution in [3.05, 3.63) is 11.9 Å². The second-order valence-corrected chi connectivity index (χ2v) is 4.35. The van der Waals surface area contributed by atoms with Crippen molar-refractivity contribution in [2.75, 3.05) is 13.7 Å². The van der Waals surface area contributed by atoms with Gasteiger partial charge < -0.3 is 15.8 Å². The molecule has 1 aromatic rings. The summed E-state index contributed by atoms with van der Waals surface area (Å²) in [4.78, 5) is 11.6. The van der Waals surface area contributed by atoms with E-state index in [1.165, 1.54) is 4.68 Å². The molecule has 7 heteroatoms. The number of methoxy groups -OCH3 is 1. The predicted octanol–water partition coefficient (Wildman–Crippen LogP) is -0.722. The summed E-state index contributed by atoms with van der Waals surface area (Å²) in [6, 6.07) is 0. The molecule has 1 rings (SSSR count). The van der Waals surface area contributed by atoms with Crippen molar-refractivity contribution in [2.45, 2.75) is 32.5 Å². The number of ether oxygens (including phenoxy) is 1. The van der Waals surface area contributed by atoms with Crippen LogP contribution in [0, 0.1) is 0 Å². The van der Waals surface area contributed by atoms with Gasteiger partial charge in [0.05, 0.1) is 17.5 Å². The summed E-state index contributed by atoms with van der Waals surface area (Å²) in [5, 5.41) is 10.3. The SMILES string of the molecule is COC(C)(C)CNC(=O)Cn1cc(CN)nn1. The fourth-order valence-electron chi connectivity index (χ4n) is 1.10. The summed E-state index contributed by atoms with van der Waals surface area (Å²) in [6.45, 7) is 4.69. The van der Waals surface area contributed by atoms with Crippen LogP contribution in [0.3, 0.4) is 0 Å². The third kappa shape index (κ3) is 4.49. The highest BCUT2D eigenvalue weighted by Gasteiger charge is 2.17. The Balaban J connectivity index is 2.39. The maximum absolute atomic E-state index is 11.6. The average Bonchev–Trinajstić information content (AvgIpc) is 2.74. The van der Waals surface area contributed by atoms with Gasteiger partial charge in [-0.3, -0.25) is 4.79 Å². The lowest BCUT2D eigenvalue weighted by atomic mass is 10.1. The van der Waals surface area contributed by atoms with E-state index in [4.69, 9.17) is 10.5 Å². The molecule has 0 bridgehead atoms. The van der Waals surface area contributed by atoms with Crippen LogP contribution in [0.15, 0.2) is 6.20 Å². The van der Waals surface area contributed by atoms with E-state index in [1.807, 2.05) is 13.8 Å². The Morgan fingerprint density at radius 3 is 2.88 bits per heavy atom. The van der Waals surface area contributed by atoms with Gasteiger partial charge in [-0.2, -0.15) is 0 Å². The number of aromatic nitrogens is 3. The molecule has 96 valence electrons. The lowest BCUT2D eigenvalue weighted by Crippen LogP contribution is -2.41. The number of carbonyl (C=O) groups excluding carboxylic acids is 1. The molecule has 7 nitrogen and oxygen atoms in total. The molecule has 1 heterocycles. The maximum Gasteiger partial charge on any atom is 0.241 e. The van der Waals surface area contributed by atoms with Gasteiger partial charge in [-0.15, -0.1) is 5.10 Å². The molecule has 1 aromatic heterocycles. The number of nitrogens with two attached hydrogens (primary N) is 1. The zero-order valence-corrected chi connectivity index (χ0v) is 10.4. The van der Waals surface area contributed by atoms with E-state index in [2.05, 4.69) is 15.6 Å². The molecule has 0 unspecified atom stereocenters. The first-order chi connectivity index (χ1) is 7.96. The Bertz CT molecular complexity index is 375. The molecule has 0 spiro atoms. The zero-order chi connectivity index (χ0) is 12.9. The lowest BCUT2D eigenvalue weighted by molar-refractivity contribution is -0.123. The van der Waals surface area contributed by atoms with Gasteiger partial charge in [0.1, 0.15) is 6.54 Å². The standard InChI is InChI=1S/C10H19N5O2/c1-10(2,17-3)7-12-9(16)6-15-5-8(4-11)13-14-15/h5H,4,6-7,11H2,1-3H3,(H,12,16). The molecule has 0 saturated heterocycles. The van der Waals surface area contributed by atoms with Crippen LogP contribution < -0.4 is 11.1 Å². The molecule has 1 amide bonds. The van der Waals surface area contributed by atoms with Crippen LogP contribution in [0.5, 0.6) is 0 Å². The van der Waals surface area contributed by atoms with Crippen LogP contribution >= 0.6 is 0 Å². The summed E-state index contributed by atoms with van der Waals surface area (Å²) < 4.78 is 6.65. The normalized spacial score (nSPS) is 11.5. The lowest BCUT2D eigenvalue weighted by Gasteiger charge is -2.22. The van der Waals surface area contributed by atoms with Gasteiger partial charge in [-0.25, -0.2) is 4.68 Å². The molecule has 0 aliphatic rings. The van der Waals surface area contributed by atoms with Crippen LogP contribution in [0.25, 0.3) is 0 Å². The molecular weight excluding hydrogens is 222 g/mol. The highest BCUT2D eigenvalue weighted by Crippen LogP contribution is 2.04. The molecule has 0 aromatic carbocycles. The fraction of sp³-hybridized carbons (Fsp3) is 0.700. The second-order valence-electron chi connectivity index (χ2n) is 4.35. The van der Waals surface area contributed by atoms with Gasteiger partial charge in [0, 0.05) is 20.2 Å². The minimum Gasteiger partial charge on any atom is -0.377 e. The minimum absolute atomic E-state index is 0.132. The monoisotopic (exact) mass is 241 g/mol. The van der Waals surface area contributed by atoms with Gasteiger partial charge in [0.25, 0.3) is 0 Å². The van der Waals surface area contributed by atoms with Crippen molar-refractivity contribution in [1.82, 2.24) is 20.3 Å². The zero-order valence-electron chi connectivity index (χ0n) is 10.4. The quantitative estimate of drug-likeness (QED) is 0.685. The summed E-state index contributed by atoms with van der Waals surface area (Å²) in [5.74, 6) is -0.136. The minimum atomic E-state index is -0.375. The summed E-state index contributed by atoms with van der Waals surface area (Å²) in [7, 11) is 1.61. The van der Waals surface area contributed by atoms with Crippen LogP contribution in [-0.4, -0.2) is 40.2 Å². The van der Waals surface area contributed by atoms with Gasteiger partial charge in [0.2, 0.25) is 5.91 Å². The van der Waals surface area contributed by atoms with E-state index in [0.29, 0.717) is 18.8 Å². The number of nitrogens with zero attached hydrogens (tertiary/aromatic N) is 3. The largest absolute Gasteiger partial charge is 0.377 e. The number of hydrogen-bond acceptors (Lipinski definition) is 5. The number of carbonyl (C=O) groups is 1. The van der Waals surface area contributed by atoms with Crippen molar-refractivity contribution >= 4 is 5.91 Å². The van der Waals surface area contributed by atoms with E-state index in [-0.39, 0.29) is 18.1 Å². The van der Waals surface area contributed by atoms with E-state index < -0.39 is 0 Å². The summed E-state index contributed by atoms with van der Waals surface area (Å²) in [5.41, 5.74) is 5.68. The van der Waals surface area contributed by atoms with Crippen molar-refractivity contribution in [2.24, 2.45) is 5.73 Å². The van der Waals surface area contributed by atoms with Crippen LogP contribution in [-0.2, 0) is 22.6 Å². The Kier molecular flexibility index (Phi) is 4.59. The van der Waals surface area contributed by atoms with Crippen LogP contribution in [0.1, 0.15) is 19.5 Å². The molecule has 0 aliphatic carbocycles. The molecule has 0 atom stereocenters.